The number of aldehydes is 1. The Morgan fingerprint density at radius 3 is 2.61 bits per heavy atom. The molecule has 18 heavy (non-hydrogen) atoms. The summed E-state index contributed by atoms with van der Waals surface area (Å²) >= 11 is 0. The highest BCUT2D eigenvalue weighted by atomic mass is 19.1. The largest absolute Gasteiger partial charge is 0.355 e. The zero-order valence-electron chi connectivity index (χ0n) is 10.9. The minimum absolute atomic E-state index is 0.0634. The Morgan fingerprint density at radius 2 is 2.06 bits per heavy atom. The van der Waals surface area contributed by atoms with E-state index >= 15 is 0 Å². The van der Waals surface area contributed by atoms with Crippen LogP contribution in [0.5, 0.6) is 0 Å². The Labute approximate surface area is 106 Å². The maximum atomic E-state index is 13.3. The molecule has 1 aromatic rings. The van der Waals surface area contributed by atoms with Crippen LogP contribution in [-0.2, 0) is 11.2 Å². The third-order valence-corrected chi connectivity index (χ3v) is 2.62. The number of rotatable bonds is 4. The molecule has 1 amide bonds. The summed E-state index contributed by atoms with van der Waals surface area (Å²) in [5, 5.41) is 2.76. The van der Waals surface area contributed by atoms with E-state index in [9.17, 15) is 14.0 Å². The minimum Gasteiger partial charge on any atom is -0.355 e. The summed E-state index contributed by atoms with van der Waals surface area (Å²) in [5.74, 6) is -0.587. The third-order valence-electron chi connectivity index (χ3n) is 2.62. The zero-order chi connectivity index (χ0) is 13.8. The van der Waals surface area contributed by atoms with E-state index in [0.29, 0.717) is 24.8 Å². The molecule has 0 bridgehead atoms. The van der Waals surface area contributed by atoms with Crippen LogP contribution < -0.4 is 5.32 Å². The van der Waals surface area contributed by atoms with Gasteiger partial charge in [0.1, 0.15) is 5.82 Å². The molecule has 0 unspecified atom stereocenters. The molecule has 0 radical (unpaired) electrons. The molecule has 0 aliphatic heterocycles. The van der Waals surface area contributed by atoms with Crippen LogP contribution >= 0.6 is 0 Å². The highest BCUT2D eigenvalue weighted by Crippen LogP contribution is 2.14. The van der Waals surface area contributed by atoms with E-state index in [4.69, 9.17) is 0 Å². The van der Waals surface area contributed by atoms with Crippen LogP contribution in [0.15, 0.2) is 18.2 Å². The maximum Gasteiger partial charge on any atom is 0.225 e. The number of benzene rings is 1. The number of nitrogens with one attached hydrogen (secondary N) is 1. The highest BCUT2D eigenvalue weighted by Gasteiger charge is 2.20. The Hall–Kier alpha value is -1.71. The molecule has 4 heteroatoms. The molecule has 0 atom stereocenters. The topological polar surface area (TPSA) is 46.2 Å². The molecule has 1 rings (SSSR count). The van der Waals surface area contributed by atoms with Gasteiger partial charge < -0.3 is 5.32 Å². The van der Waals surface area contributed by atoms with Crippen molar-refractivity contribution in [2.75, 3.05) is 6.54 Å². The van der Waals surface area contributed by atoms with Gasteiger partial charge in [-0.2, -0.15) is 0 Å². The lowest BCUT2D eigenvalue weighted by Gasteiger charge is -2.17. The molecular formula is C14H18FNO2. The average molecular weight is 251 g/mol. The van der Waals surface area contributed by atoms with Gasteiger partial charge in [-0.15, -0.1) is 0 Å². The zero-order valence-corrected chi connectivity index (χ0v) is 10.9. The van der Waals surface area contributed by atoms with Gasteiger partial charge in [0.05, 0.1) is 5.56 Å². The molecular weight excluding hydrogens is 233 g/mol. The molecule has 0 saturated heterocycles. The first-order chi connectivity index (χ1) is 8.36. The van der Waals surface area contributed by atoms with Crippen LogP contribution in [0.3, 0.4) is 0 Å². The predicted octanol–water partition coefficient (Wildman–Crippen LogP) is 2.34. The summed E-state index contributed by atoms with van der Waals surface area (Å²) in [6.45, 7) is 5.85. The standard InChI is InChI=1S/C14H18FNO2/c1-14(2,3)13(18)16-8-7-10-5-4-6-12(15)11(10)9-17/h4-6,9H,7-8H2,1-3H3,(H,16,18). The van der Waals surface area contributed by atoms with Gasteiger partial charge in [-0.1, -0.05) is 32.9 Å². The minimum atomic E-state index is -0.523. The van der Waals surface area contributed by atoms with Crippen LogP contribution in [0.2, 0.25) is 0 Å². The number of carbonyl (C=O) groups excluding carboxylic acids is 2. The molecule has 1 aromatic carbocycles. The van der Waals surface area contributed by atoms with Crippen molar-refractivity contribution >= 4 is 12.2 Å². The van der Waals surface area contributed by atoms with Gasteiger partial charge in [-0.05, 0) is 18.1 Å². The smallest absolute Gasteiger partial charge is 0.225 e. The van der Waals surface area contributed by atoms with Crippen molar-refractivity contribution in [2.45, 2.75) is 27.2 Å². The van der Waals surface area contributed by atoms with Crippen LogP contribution in [0.4, 0.5) is 4.39 Å². The van der Waals surface area contributed by atoms with Gasteiger partial charge in [-0.25, -0.2) is 4.39 Å². The number of halogens is 1. The van der Waals surface area contributed by atoms with E-state index in [1.54, 1.807) is 12.1 Å². The van der Waals surface area contributed by atoms with E-state index in [1.807, 2.05) is 20.8 Å². The molecule has 0 heterocycles. The third kappa shape index (κ3) is 3.65. The molecule has 0 aromatic heterocycles. The Morgan fingerprint density at radius 1 is 1.39 bits per heavy atom. The van der Waals surface area contributed by atoms with Crippen molar-refractivity contribution in [2.24, 2.45) is 5.41 Å². The van der Waals surface area contributed by atoms with Crippen LogP contribution in [0.25, 0.3) is 0 Å². The van der Waals surface area contributed by atoms with Gasteiger partial charge in [0.15, 0.2) is 6.29 Å². The molecule has 0 aliphatic carbocycles. The van der Waals surface area contributed by atoms with Crippen molar-refractivity contribution in [1.29, 1.82) is 0 Å². The second-order valence-corrected chi connectivity index (χ2v) is 5.19. The van der Waals surface area contributed by atoms with Crippen LogP contribution in [0.1, 0.15) is 36.7 Å². The fourth-order valence-corrected chi connectivity index (χ4v) is 1.51. The number of amides is 1. The van der Waals surface area contributed by atoms with Gasteiger partial charge in [0, 0.05) is 12.0 Å². The number of hydrogen-bond donors (Lipinski definition) is 1. The lowest BCUT2D eigenvalue weighted by molar-refractivity contribution is -0.128. The lowest BCUT2D eigenvalue weighted by Crippen LogP contribution is -2.36. The molecule has 3 nitrogen and oxygen atoms in total. The van der Waals surface area contributed by atoms with E-state index in [0.717, 1.165) is 0 Å². The summed E-state index contributed by atoms with van der Waals surface area (Å²) < 4.78 is 13.3. The van der Waals surface area contributed by atoms with Crippen molar-refractivity contribution < 1.29 is 14.0 Å². The summed E-state index contributed by atoms with van der Waals surface area (Å²) in [6.07, 6.45) is 0.948. The predicted molar refractivity (Wildman–Crippen MR) is 68.0 cm³/mol. The van der Waals surface area contributed by atoms with E-state index in [2.05, 4.69) is 5.32 Å². The molecule has 0 fully saturated rings. The molecule has 98 valence electrons. The van der Waals surface area contributed by atoms with Crippen molar-refractivity contribution in [3.8, 4) is 0 Å². The van der Waals surface area contributed by atoms with Gasteiger partial charge in [0.25, 0.3) is 0 Å². The van der Waals surface area contributed by atoms with Crippen LogP contribution in [-0.4, -0.2) is 18.7 Å². The molecule has 0 saturated carbocycles. The Kier molecular flexibility index (Phi) is 4.59. The lowest BCUT2D eigenvalue weighted by atomic mass is 9.95. The SMILES string of the molecule is CC(C)(C)C(=O)NCCc1cccc(F)c1C=O. The fraction of sp³-hybridized carbons (Fsp3) is 0.429. The van der Waals surface area contributed by atoms with E-state index in [1.165, 1.54) is 6.07 Å². The van der Waals surface area contributed by atoms with Crippen molar-refractivity contribution in [3.05, 3.63) is 35.1 Å². The summed E-state index contributed by atoms with van der Waals surface area (Å²) in [4.78, 5) is 22.4. The summed E-state index contributed by atoms with van der Waals surface area (Å²) in [5.41, 5.74) is 0.233. The second kappa shape index (κ2) is 5.76. The first kappa shape index (κ1) is 14.4. The fourth-order valence-electron chi connectivity index (χ4n) is 1.51. The Bertz CT molecular complexity index is 450. The van der Waals surface area contributed by atoms with Crippen molar-refractivity contribution in [1.82, 2.24) is 5.32 Å². The normalized spacial score (nSPS) is 11.1. The maximum absolute atomic E-state index is 13.3. The monoisotopic (exact) mass is 251 g/mol. The van der Waals surface area contributed by atoms with Crippen molar-refractivity contribution in [3.63, 3.8) is 0 Å². The second-order valence-electron chi connectivity index (χ2n) is 5.19. The number of carbonyl (C=O) groups is 2. The first-order valence-corrected chi connectivity index (χ1v) is 5.87. The highest BCUT2D eigenvalue weighted by molar-refractivity contribution is 5.81. The van der Waals surface area contributed by atoms with Gasteiger partial charge in [-0.3, -0.25) is 9.59 Å². The molecule has 0 aliphatic rings. The average Bonchev–Trinajstić information content (AvgIpc) is 2.28. The molecule has 1 N–H and O–H groups in total. The molecule has 0 spiro atoms. The van der Waals surface area contributed by atoms with E-state index < -0.39 is 11.2 Å². The number of hydrogen-bond acceptors (Lipinski definition) is 2. The quantitative estimate of drug-likeness (QED) is 0.835. The van der Waals surface area contributed by atoms with Gasteiger partial charge >= 0.3 is 0 Å². The Balaban J connectivity index is 2.63. The van der Waals surface area contributed by atoms with Crippen LogP contribution in [0, 0.1) is 11.2 Å². The first-order valence-electron chi connectivity index (χ1n) is 5.87. The summed E-state index contributed by atoms with van der Waals surface area (Å²) in [7, 11) is 0. The van der Waals surface area contributed by atoms with E-state index in [-0.39, 0.29) is 11.5 Å². The summed E-state index contributed by atoms with van der Waals surface area (Å²) in [6, 6.07) is 4.50. The van der Waals surface area contributed by atoms with Gasteiger partial charge in [0.2, 0.25) is 5.91 Å².